The zero-order chi connectivity index (χ0) is 34.7. The molecule has 0 bridgehead atoms. The number of carboxylic acid groups (broad SMARTS) is 1. The number of hydrogen-bond donors (Lipinski definition) is 2. The standard InChI is InChI=1S/C42H35NO7/c44-33-20-17-25-12-7-8-15-27(25)37(33)38-28-18-19-29-36(41(50)43(40(29)49)21-9-16-35(46)47)31(28)22-32-39(48)30(24-10-3-1-4-11-24)23-34(45)42(32,38)26-13-5-2-6-14-26/h1-8,10-15,17-18,20,23,29,31-32,36,38,44H,9,16,19,21-22H2,(H,46,47). The Bertz CT molecular complexity index is 2150. The number of carbonyl (C=O) groups is 5. The van der Waals surface area contributed by atoms with Gasteiger partial charge in [0.1, 0.15) is 5.75 Å². The number of benzene rings is 4. The third-order valence-corrected chi connectivity index (χ3v) is 11.5. The molecule has 8 rings (SSSR count). The molecular weight excluding hydrogens is 630 g/mol. The average Bonchev–Trinajstić information content (AvgIpc) is 3.38. The molecular formula is C42H35NO7. The second kappa shape index (κ2) is 12.1. The van der Waals surface area contributed by atoms with Crippen molar-refractivity contribution < 1.29 is 34.2 Å². The summed E-state index contributed by atoms with van der Waals surface area (Å²) < 4.78 is 0. The van der Waals surface area contributed by atoms with Gasteiger partial charge in [0.15, 0.2) is 11.6 Å². The first kappa shape index (κ1) is 31.6. The van der Waals surface area contributed by atoms with Crippen LogP contribution in [0.25, 0.3) is 16.3 Å². The summed E-state index contributed by atoms with van der Waals surface area (Å²) in [5.74, 6) is -5.99. The van der Waals surface area contributed by atoms with Crippen LogP contribution < -0.4 is 0 Å². The number of carbonyl (C=O) groups excluding carboxylic acids is 4. The summed E-state index contributed by atoms with van der Waals surface area (Å²) in [6.45, 7) is 0.00223. The molecule has 0 spiro atoms. The van der Waals surface area contributed by atoms with Crippen LogP contribution in [0, 0.1) is 23.7 Å². The fourth-order valence-corrected chi connectivity index (χ4v) is 9.45. The SMILES string of the molecule is O=C(O)CCCN1C(=O)C2CC=C3C(CC4C(=O)C(c5ccccc5)=CC(=O)C4(c4ccccc4)C3c3c(O)ccc4ccccc34)C2C1=O. The van der Waals surface area contributed by atoms with E-state index in [9.17, 15) is 24.6 Å². The maximum atomic E-state index is 15.2. The number of ketones is 2. The van der Waals surface area contributed by atoms with Gasteiger partial charge < -0.3 is 10.2 Å². The molecule has 0 radical (unpaired) electrons. The summed E-state index contributed by atoms with van der Waals surface area (Å²) in [5.41, 5.74) is 1.40. The van der Waals surface area contributed by atoms with E-state index in [1.165, 1.54) is 11.0 Å². The first-order valence-electron chi connectivity index (χ1n) is 17.1. The lowest BCUT2D eigenvalue weighted by Gasteiger charge is -2.55. The number of phenolic OH excluding ortho intramolecular Hbond substituents is 1. The number of nitrogens with zero attached hydrogens (tertiary/aromatic N) is 1. The van der Waals surface area contributed by atoms with Gasteiger partial charge in [-0.1, -0.05) is 103 Å². The van der Waals surface area contributed by atoms with Gasteiger partial charge in [-0.2, -0.15) is 0 Å². The predicted octanol–water partition coefficient (Wildman–Crippen LogP) is 6.23. The summed E-state index contributed by atoms with van der Waals surface area (Å²) in [5, 5.41) is 22.6. The van der Waals surface area contributed by atoms with Gasteiger partial charge in [-0.15, -0.1) is 0 Å². The lowest BCUT2D eigenvalue weighted by atomic mass is 9.44. The van der Waals surface area contributed by atoms with Gasteiger partial charge >= 0.3 is 5.97 Å². The van der Waals surface area contributed by atoms with Crippen molar-refractivity contribution >= 4 is 45.7 Å². The molecule has 6 unspecified atom stereocenters. The Hall–Kier alpha value is -5.63. The Morgan fingerprint density at radius 2 is 1.52 bits per heavy atom. The largest absolute Gasteiger partial charge is 0.508 e. The van der Waals surface area contributed by atoms with Gasteiger partial charge in [0.05, 0.1) is 17.3 Å². The van der Waals surface area contributed by atoms with E-state index in [-0.39, 0.29) is 61.4 Å². The molecule has 1 heterocycles. The second-order valence-corrected chi connectivity index (χ2v) is 13.8. The number of rotatable bonds is 7. The van der Waals surface area contributed by atoms with Crippen molar-refractivity contribution in [3.63, 3.8) is 0 Å². The molecule has 1 saturated carbocycles. The summed E-state index contributed by atoms with van der Waals surface area (Å²) in [4.78, 5) is 70.8. The van der Waals surface area contributed by atoms with E-state index >= 15 is 9.59 Å². The van der Waals surface area contributed by atoms with Crippen molar-refractivity contribution in [2.45, 2.75) is 37.0 Å². The number of phenols is 1. The zero-order valence-electron chi connectivity index (χ0n) is 27.2. The molecule has 6 atom stereocenters. The molecule has 250 valence electrons. The average molecular weight is 666 g/mol. The van der Waals surface area contributed by atoms with Crippen molar-refractivity contribution in [3.8, 4) is 5.75 Å². The van der Waals surface area contributed by atoms with Crippen molar-refractivity contribution in [1.29, 1.82) is 0 Å². The normalized spacial score (nSPS) is 27.4. The summed E-state index contributed by atoms with van der Waals surface area (Å²) in [6.07, 6.45) is 3.81. The molecule has 2 amide bonds. The third kappa shape index (κ3) is 4.61. The summed E-state index contributed by atoms with van der Waals surface area (Å²) >= 11 is 0. The smallest absolute Gasteiger partial charge is 0.303 e. The van der Waals surface area contributed by atoms with Gasteiger partial charge in [0.2, 0.25) is 11.8 Å². The van der Waals surface area contributed by atoms with Crippen molar-refractivity contribution in [1.82, 2.24) is 4.90 Å². The van der Waals surface area contributed by atoms with Gasteiger partial charge in [-0.05, 0) is 59.2 Å². The highest BCUT2D eigenvalue weighted by molar-refractivity contribution is 6.32. The number of imide groups is 1. The number of likely N-dealkylation sites (tertiary alicyclic amines) is 1. The van der Waals surface area contributed by atoms with E-state index in [1.807, 2.05) is 84.9 Å². The van der Waals surface area contributed by atoms with E-state index in [0.717, 1.165) is 16.3 Å². The minimum absolute atomic E-state index is 0.00223. The first-order chi connectivity index (χ1) is 24.2. The Balaban J connectivity index is 1.38. The van der Waals surface area contributed by atoms with E-state index < -0.39 is 41.0 Å². The molecule has 1 saturated heterocycles. The zero-order valence-corrected chi connectivity index (χ0v) is 27.2. The maximum absolute atomic E-state index is 15.2. The highest BCUT2D eigenvalue weighted by Crippen LogP contribution is 2.65. The van der Waals surface area contributed by atoms with Crippen LogP contribution in [0.15, 0.2) is 115 Å². The molecule has 2 N–H and O–H groups in total. The number of Topliss-reactive ketones (excluding diaryl/α,β-unsaturated/α-hetero) is 1. The molecule has 1 aliphatic heterocycles. The van der Waals surface area contributed by atoms with Gasteiger partial charge in [-0.25, -0.2) is 0 Å². The van der Waals surface area contributed by atoms with Crippen molar-refractivity contribution in [2.24, 2.45) is 23.7 Å². The second-order valence-electron chi connectivity index (χ2n) is 13.8. The molecule has 2 fully saturated rings. The van der Waals surface area contributed by atoms with Crippen molar-refractivity contribution in [2.75, 3.05) is 6.54 Å². The number of hydrogen-bond acceptors (Lipinski definition) is 6. The Morgan fingerprint density at radius 3 is 2.26 bits per heavy atom. The lowest BCUT2D eigenvalue weighted by Crippen LogP contribution is -2.58. The number of allylic oxidation sites excluding steroid dienone is 4. The quantitative estimate of drug-likeness (QED) is 0.177. The predicted molar refractivity (Wildman–Crippen MR) is 186 cm³/mol. The molecule has 50 heavy (non-hydrogen) atoms. The van der Waals surface area contributed by atoms with Crippen LogP contribution in [0.1, 0.15) is 48.3 Å². The van der Waals surface area contributed by atoms with Crippen LogP contribution >= 0.6 is 0 Å². The highest BCUT2D eigenvalue weighted by Gasteiger charge is 2.66. The first-order valence-corrected chi connectivity index (χ1v) is 17.1. The fourth-order valence-electron chi connectivity index (χ4n) is 9.45. The summed E-state index contributed by atoms with van der Waals surface area (Å²) in [6, 6.07) is 29.4. The van der Waals surface area contributed by atoms with Crippen LogP contribution in [0.4, 0.5) is 0 Å². The molecule has 0 aromatic heterocycles. The Morgan fingerprint density at radius 1 is 0.820 bits per heavy atom. The van der Waals surface area contributed by atoms with Crippen LogP contribution in [-0.2, 0) is 29.4 Å². The molecule has 8 heteroatoms. The maximum Gasteiger partial charge on any atom is 0.303 e. The third-order valence-electron chi connectivity index (χ3n) is 11.5. The minimum Gasteiger partial charge on any atom is -0.508 e. The Labute approximate surface area is 288 Å². The number of amides is 2. The molecule has 8 nitrogen and oxygen atoms in total. The summed E-state index contributed by atoms with van der Waals surface area (Å²) in [7, 11) is 0. The molecule has 3 aliphatic carbocycles. The van der Waals surface area contributed by atoms with Crippen molar-refractivity contribution in [3.05, 3.63) is 131 Å². The topological polar surface area (TPSA) is 129 Å². The van der Waals surface area contributed by atoms with Crippen LogP contribution in [-0.4, -0.2) is 51.0 Å². The van der Waals surface area contributed by atoms with E-state index in [2.05, 4.69) is 0 Å². The molecule has 4 aromatic rings. The van der Waals surface area contributed by atoms with E-state index in [0.29, 0.717) is 22.3 Å². The fraction of sp³-hybridized carbons (Fsp3) is 0.262. The number of fused-ring (bicyclic) bond motifs is 5. The minimum atomic E-state index is -1.46. The van der Waals surface area contributed by atoms with E-state index in [1.54, 1.807) is 18.2 Å². The van der Waals surface area contributed by atoms with Gasteiger partial charge in [0, 0.05) is 35.9 Å². The van der Waals surface area contributed by atoms with Crippen LogP contribution in [0.3, 0.4) is 0 Å². The molecule has 4 aliphatic rings. The Kier molecular flexibility index (Phi) is 7.62. The lowest BCUT2D eigenvalue weighted by molar-refractivity contribution is -0.142. The highest BCUT2D eigenvalue weighted by atomic mass is 16.4. The number of aliphatic carboxylic acids is 1. The number of carboxylic acids is 1. The molecule has 4 aromatic carbocycles. The van der Waals surface area contributed by atoms with Crippen LogP contribution in [0.5, 0.6) is 5.75 Å². The van der Waals surface area contributed by atoms with E-state index in [4.69, 9.17) is 0 Å². The van der Waals surface area contributed by atoms with Gasteiger partial charge in [-0.3, -0.25) is 28.9 Å². The number of aromatic hydroxyl groups is 1. The monoisotopic (exact) mass is 665 g/mol. The van der Waals surface area contributed by atoms with Crippen LogP contribution in [0.2, 0.25) is 0 Å². The van der Waals surface area contributed by atoms with Gasteiger partial charge in [0.25, 0.3) is 0 Å².